The molecule has 0 spiro atoms. The smallest absolute Gasteiger partial charge is 0.119 e. The van der Waals surface area contributed by atoms with Crippen LogP contribution in [0.5, 0.6) is 5.75 Å². The predicted octanol–water partition coefficient (Wildman–Crippen LogP) is 4.38. The Morgan fingerprint density at radius 1 is 0.903 bits per heavy atom. The molecule has 2 atom stereocenters. The van der Waals surface area contributed by atoms with E-state index in [1.54, 1.807) is 0 Å². The summed E-state index contributed by atoms with van der Waals surface area (Å²) in [5.74, 6) is 1.95. The second-order valence-electron chi connectivity index (χ2n) is 9.96. The maximum atomic E-state index is 11.5. The van der Waals surface area contributed by atoms with Gasteiger partial charge in [0.1, 0.15) is 24.0 Å². The molecule has 3 saturated heterocycles. The first-order chi connectivity index (χ1) is 15.2. The van der Waals surface area contributed by atoms with E-state index >= 15 is 0 Å². The van der Waals surface area contributed by atoms with Gasteiger partial charge in [0.2, 0.25) is 0 Å². The number of ether oxygens (including phenoxy) is 2. The number of nitrogens with zero attached hydrogens (tertiary/aromatic N) is 1. The van der Waals surface area contributed by atoms with E-state index < -0.39 is 5.60 Å². The Labute approximate surface area is 186 Å². The number of para-hydroxylation sites is 1. The van der Waals surface area contributed by atoms with Gasteiger partial charge in [-0.1, -0.05) is 48.5 Å². The van der Waals surface area contributed by atoms with Crippen LogP contribution in [-0.4, -0.2) is 55.1 Å². The molecule has 0 aromatic heterocycles. The molecule has 1 unspecified atom stereocenters. The molecular weight excluding hydrogens is 386 g/mol. The molecule has 2 aromatic carbocycles. The van der Waals surface area contributed by atoms with Gasteiger partial charge in [-0.3, -0.25) is 0 Å². The minimum absolute atomic E-state index is 0.270. The standard InChI is InChI=1S/C27H36NO3/c29-27(24-12-13-24,23-8-3-1-4-9-23)21-31-26-20-28(17-14-22(26)15-18-28)16-7-19-30-25-10-5-2-6-11-25/h1-6,8-11,22,24,26,29H,7,12-21H2/q+1/t22?,26-,27?,28?/m1/s1. The van der Waals surface area contributed by atoms with Crippen LogP contribution in [0, 0.1) is 11.8 Å². The van der Waals surface area contributed by atoms with Gasteiger partial charge in [0.15, 0.2) is 0 Å². The minimum atomic E-state index is -0.832. The number of benzene rings is 2. The van der Waals surface area contributed by atoms with E-state index in [1.165, 1.54) is 25.9 Å². The van der Waals surface area contributed by atoms with E-state index in [0.717, 1.165) is 54.8 Å². The van der Waals surface area contributed by atoms with E-state index in [2.05, 4.69) is 12.1 Å². The molecular formula is C27H36NO3+. The lowest BCUT2D eigenvalue weighted by molar-refractivity contribution is -0.946. The molecule has 1 aliphatic carbocycles. The van der Waals surface area contributed by atoms with Gasteiger partial charge in [0, 0.05) is 25.2 Å². The van der Waals surface area contributed by atoms with Gasteiger partial charge in [-0.2, -0.15) is 0 Å². The summed E-state index contributed by atoms with van der Waals surface area (Å²) < 4.78 is 13.6. The van der Waals surface area contributed by atoms with E-state index in [0.29, 0.717) is 18.4 Å². The van der Waals surface area contributed by atoms with Crippen LogP contribution in [0.15, 0.2) is 60.7 Å². The zero-order valence-corrected chi connectivity index (χ0v) is 18.5. The fraction of sp³-hybridized carbons (Fsp3) is 0.556. The second-order valence-corrected chi connectivity index (χ2v) is 9.96. The van der Waals surface area contributed by atoms with Crippen molar-refractivity contribution >= 4 is 0 Å². The molecule has 4 nitrogen and oxygen atoms in total. The summed E-state index contributed by atoms with van der Waals surface area (Å²) in [6.07, 6.45) is 6.04. The molecule has 6 rings (SSSR count). The molecule has 1 saturated carbocycles. The average Bonchev–Trinajstić information content (AvgIpc) is 3.69. The molecule has 4 aliphatic rings. The maximum absolute atomic E-state index is 11.5. The number of fused-ring (bicyclic) bond motifs is 3. The summed E-state index contributed by atoms with van der Waals surface area (Å²) in [7, 11) is 0. The van der Waals surface area contributed by atoms with Gasteiger partial charge < -0.3 is 19.1 Å². The molecule has 0 amide bonds. The van der Waals surface area contributed by atoms with Crippen molar-refractivity contribution in [3.8, 4) is 5.75 Å². The normalized spacial score (nSPS) is 29.5. The van der Waals surface area contributed by atoms with Crippen LogP contribution in [-0.2, 0) is 10.3 Å². The van der Waals surface area contributed by atoms with E-state index in [-0.39, 0.29) is 6.10 Å². The fourth-order valence-corrected chi connectivity index (χ4v) is 5.79. The molecule has 166 valence electrons. The van der Waals surface area contributed by atoms with Crippen LogP contribution in [0.2, 0.25) is 0 Å². The molecule has 3 heterocycles. The highest BCUT2D eigenvalue weighted by Crippen LogP contribution is 2.46. The average molecular weight is 423 g/mol. The van der Waals surface area contributed by atoms with Gasteiger partial charge in [-0.05, 0) is 36.5 Å². The highest BCUT2D eigenvalue weighted by Gasteiger charge is 2.49. The SMILES string of the molecule is OC(CO[C@@H]1C[N+]2(CCCOc3ccccc3)CCC1CC2)(c1ccccc1)C1CC1. The van der Waals surface area contributed by atoms with Crippen LogP contribution in [0.1, 0.15) is 37.7 Å². The molecule has 3 aliphatic heterocycles. The molecule has 2 bridgehead atoms. The lowest BCUT2D eigenvalue weighted by atomic mass is 9.82. The number of piperidine rings is 3. The van der Waals surface area contributed by atoms with Crippen molar-refractivity contribution in [3.63, 3.8) is 0 Å². The summed E-state index contributed by atoms with van der Waals surface area (Å²) in [6.45, 7) is 5.98. The Morgan fingerprint density at radius 2 is 1.58 bits per heavy atom. The van der Waals surface area contributed by atoms with Crippen molar-refractivity contribution < 1.29 is 19.1 Å². The summed E-state index contributed by atoms with van der Waals surface area (Å²) in [4.78, 5) is 0. The number of rotatable bonds is 10. The monoisotopic (exact) mass is 422 g/mol. The second kappa shape index (κ2) is 8.93. The van der Waals surface area contributed by atoms with Gasteiger partial charge in [0.05, 0.1) is 32.8 Å². The molecule has 4 fully saturated rings. The topological polar surface area (TPSA) is 38.7 Å². The Kier molecular flexibility index (Phi) is 6.05. The van der Waals surface area contributed by atoms with Gasteiger partial charge in [-0.15, -0.1) is 0 Å². The lowest BCUT2D eigenvalue weighted by Crippen LogP contribution is -2.64. The Bertz CT molecular complexity index is 830. The first kappa shape index (κ1) is 21.0. The molecule has 2 aromatic rings. The first-order valence-electron chi connectivity index (χ1n) is 12.1. The molecule has 31 heavy (non-hydrogen) atoms. The highest BCUT2D eigenvalue weighted by atomic mass is 16.5. The van der Waals surface area contributed by atoms with E-state index in [4.69, 9.17) is 9.47 Å². The highest BCUT2D eigenvalue weighted by molar-refractivity contribution is 5.25. The van der Waals surface area contributed by atoms with Gasteiger partial charge >= 0.3 is 0 Å². The van der Waals surface area contributed by atoms with Crippen LogP contribution < -0.4 is 4.74 Å². The first-order valence-corrected chi connectivity index (χ1v) is 12.1. The van der Waals surface area contributed by atoms with Crippen LogP contribution in [0.3, 0.4) is 0 Å². The molecule has 4 heteroatoms. The van der Waals surface area contributed by atoms with E-state index in [1.807, 2.05) is 48.5 Å². The van der Waals surface area contributed by atoms with Crippen LogP contribution >= 0.6 is 0 Å². The number of hydrogen-bond donors (Lipinski definition) is 1. The Hall–Kier alpha value is -1.88. The Morgan fingerprint density at radius 3 is 2.26 bits per heavy atom. The third-order valence-electron chi connectivity index (χ3n) is 7.87. The van der Waals surface area contributed by atoms with Crippen molar-refractivity contribution in [1.29, 1.82) is 0 Å². The van der Waals surface area contributed by atoms with Crippen LogP contribution in [0.4, 0.5) is 0 Å². The van der Waals surface area contributed by atoms with Crippen molar-refractivity contribution in [2.45, 2.75) is 43.8 Å². The van der Waals surface area contributed by atoms with Gasteiger partial charge in [0.25, 0.3) is 0 Å². The summed E-state index contributed by atoms with van der Waals surface area (Å²) >= 11 is 0. The minimum Gasteiger partial charge on any atom is -0.493 e. The fourth-order valence-electron chi connectivity index (χ4n) is 5.79. The number of quaternary nitrogens is 1. The quantitative estimate of drug-likeness (QED) is 0.456. The van der Waals surface area contributed by atoms with Crippen LogP contribution in [0.25, 0.3) is 0 Å². The summed E-state index contributed by atoms with van der Waals surface area (Å²) in [6, 6.07) is 20.3. The summed E-state index contributed by atoms with van der Waals surface area (Å²) in [5, 5.41) is 11.5. The van der Waals surface area contributed by atoms with Gasteiger partial charge in [-0.25, -0.2) is 0 Å². The molecule has 0 radical (unpaired) electrons. The number of hydrogen-bond acceptors (Lipinski definition) is 3. The zero-order chi connectivity index (χ0) is 21.2. The Balaban J connectivity index is 1.16. The van der Waals surface area contributed by atoms with Crippen molar-refractivity contribution in [1.82, 2.24) is 0 Å². The predicted molar refractivity (Wildman–Crippen MR) is 122 cm³/mol. The number of aliphatic hydroxyl groups is 1. The van der Waals surface area contributed by atoms with Crippen molar-refractivity contribution in [2.75, 3.05) is 39.4 Å². The van der Waals surface area contributed by atoms with Crippen molar-refractivity contribution in [3.05, 3.63) is 66.2 Å². The zero-order valence-electron chi connectivity index (χ0n) is 18.5. The lowest BCUT2D eigenvalue weighted by Gasteiger charge is -2.52. The van der Waals surface area contributed by atoms with Crippen molar-refractivity contribution in [2.24, 2.45) is 11.8 Å². The third-order valence-corrected chi connectivity index (χ3v) is 7.87. The largest absolute Gasteiger partial charge is 0.493 e. The third kappa shape index (κ3) is 4.67. The molecule has 1 N–H and O–H groups in total. The maximum Gasteiger partial charge on any atom is 0.119 e. The van der Waals surface area contributed by atoms with E-state index in [9.17, 15) is 5.11 Å². The summed E-state index contributed by atoms with van der Waals surface area (Å²) in [5.41, 5.74) is 0.183.